The van der Waals surface area contributed by atoms with Crippen LogP contribution in [0.25, 0.3) is 17.1 Å². The lowest BCUT2D eigenvalue weighted by molar-refractivity contribution is -0.118. The van der Waals surface area contributed by atoms with E-state index in [1.165, 1.54) is 11.8 Å². The van der Waals surface area contributed by atoms with E-state index in [0.717, 1.165) is 22.4 Å². The molecule has 0 bridgehead atoms. The van der Waals surface area contributed by atoms with Crippen molar-refractivity contribution in [2.75, 3.05) is 20.0 Å². The van der Waals surface area contributed by atoms with Gasteiger partial charge in [0.05, 0.1) is 26.2 Å². The molecule has 35 heavy (non-hydrogen) atoms. The van der Waals surface area contributed by atoms with Crippen LogP contribution >= 0.6 is 11.8 Å². The number of nitrogens with zero attached hydrogens (tertiary/aromatic N) is 5. The predicted octanol–water partition coefficient (Wildman–Crippen LogP) is 3.90. The van der Waals surface area contributed by atoms with Crippen LogP contribution in [0.4, 0.5) is 0 Å². The van der Waals surface area contributed by atoms with Crippen molar-refractivity contribution in [1.82, 2.24) is 25.2 Å². The minimum absolute atomic E-state index is 0.115. The number of hydrogen-bond donors (Lipinski definition) is 1. The van der Waals surface area contributed by atoms with Crippen LogP contribution in [0.5, 0.6) is 11.5 Å². The largest absolute Gasteiger partial charge is 0.493 e. The van der Waals surface area contributed by atoms with Gasteiger partial charge in [0.25, 0.3) is 5.91 Å². The SMILES string of the molecule is COc1ccc(C=NNC(=O)CSc2nnc(-c3ccncc3)n2-c2ccc(C)cc2)cc1OC. The molecule has 1 amide bonds. The number of carbonyl (C=O) groups is 1. The first-order chi connectivity index (χ1) is 17.1. The first kappa shape index (κ1) is 24.0. The highest BCUT2D eigenvalue weighted by atomic mass is 32.2. The molecule has 1 N–H and O–H groups in total. The summed E-state index contributed by atoms with van der Waals surface area (Å²) >= 11 is 1.28. The van der Waals surface area contributed by atoms with E-state index in [-0.39, 0.29) is 11.7 Å². The van der Waals surface area contributed by atoms with Crippen LogP contribution < -0.4 is 14.9 Å². The Kier molecular flexibility index (Phi) is 7.74. The first-order valence-corrected chi connectivity index (χ1v) is 11.7. The monoisotopic (exact) mass is 488 g/mol. The highest BCUT2D eigenvalue weighted by Crippen LogP contribution is 2.28. The van der Waals surface area contributed by atoms with Crippen LogP contribution in [0.15, 0.2) is 77.2 Å². The lowest BCUT2D eigenvalue weighted by atomic mass is 10.2. The summed E-state index contributed by atoms with van der Waals surface area (Å²) in [6.45, 7) is 2.03. The normalized spacial score (nSPS) is 10.9. The third kappa shape index (κ3) is 5.85. The molecule has 0 aliphatic heterocycles. The molecule has 0 fully saturated rings. The van der Waals surface area contributed by atoms with E-state index in [1.54, 1.807) is 45.0 Å². The van der Waals surface area contributed by atoms with Gasteiger partial charge in [0.15, 0.2) is 22.5 Å². The van der Waals surface area contributed by atoms with Crippen molar-refractivity contribution in [3.05, 3.63) is 78.1 Å². The standard InChI is InChI=1S/C25H24N6O3S/c1-17-4-7-20(8-5-17)31-24(19-10-12-26-13-11-19)29-30-25(31)35-16-23(32)28-27-15-18-6-9-21(33-2)22(14-18)34-3/h4-15H,16H2,1-3H3,(H,28,32). The summed E-state index contributed by atoms with van der Waals surface area (Å²) in [7, 11) is 3.14. The van der Waals surface area contributed by atoms with Gasteiger partial charge < -0.3 is 9.47 Å². The Morgan fingerprint density at radius 1 is 1.03 bits per heavy atom. The van der Waals surface area contributed by atoms with E-state index in [2.05, 4.69) is 25.7 Å². The van der Waals surface area contributed by atoms with E-state index in [4.69, 9.17) is 9.47 Å². The third-order valence-electron chi connectivity index (χ3n) is 5.01. The predicted molar refractivity (Wildman–Crippen MR) is 135 cm³/mol. The molecule has 0 aliphatic rings. The molecule has 0 saturated heterocycles. The van der Waals surface area contributed by atoms with Crippen molar-refractivity contribution in [2.24, 2.45) is 5.10 Å². The molecule has 2 aromatic heterocycles. The number of aryl methyl sites for hydroxylation is 1. The summed E-state index contributed by atoms with van der Waals surface area (Å²) in [5.41, 5.74) is 6.23. The quantitative estimate of drug-likeness (QED) is 0.216. The molecule has 0 saturated carbocycles. The van der Waals surface area contributed by atoms with Gasteiger partial charge in [-0.2, -0.15) is 5.10 Å². The number of benzene rings is 2. The zero-order chi connectivity index (χ0) is 24.6. The van der Waals surface area contributed by atoms with Crippen molar-refractivity contribution >= 4 is 23.9 Å². The molecule has 0 spiro atoms. The van der Waals surface area contributed by atoms with Crippen molar-refractivity contribution < 1.29 is 14.3 Å². The molecule has 10 heteroatoms. The topological polar surface area (TPSA) is 104 Å². The number of hydrazone groups is 1. The van der Waals surface area contributed by atoms with Gasteiger partial charge >= 0.3 is 0 Å². The first-order valence-electron chi connectivity index (χ1n) is 10.7. The second-order valence-electron chi connectivity index (χ2n) is 7.41. The molecule has 2 heterocycles. The second kappa shape index (κ2) is 11.3. The average Bonchev–Trinajstić information content (AvgIpc) is 3.32. The Morgan fingerprint density at radius 3 is 2.49 bits per heavy atom. The number of aromatic nitrogens is 4. The van der Waals surface area contributed by atoms with Gasteiger partial charge in [-0.1, -0.05) is 29.5 Å². The number of rotatable bonds is 9. The van der Waals surface area contributed by atoms with Gasteiger partial charge in [-0.3, -0.25) is 14.3 Å². The molecule has 0 radical (unpaired) electrons. The third-order valence-corrected chi connectivity index (χ3v) is 5.94. The van der Waals surface area contributed by atoms with Crippen LogP contribution in [-0.4, -0.2) is 51.8 Å². The smallest absolute Gasteiger partial charge is 0.250 e. The molecule has 2 aromatic carbocycles. The maximum atomic E-state index is 12.4. The Labute approximate surface area is 207 Å². The molecule has 0 aliphatic carbocycles. The number of nitrogens with one attached hydrogen (secondary N) is 1. The van der Waals surface area contributed by atoms with E-state index < -0.39 is 0 Å². The molecule has 178 valence electrons. The summed E-state index contributed by atoms with van der Waals surface area (Å²) < 4.78 is 12.4. The van der Waals surface area contributed by atoms with Crippen molar-refractivity contribution in [1.29, 1.82) is 0 Å². The van der Waals surface area contributed by atoms with Crippen LogP contribution in [0.1, 0.15) is 11.1 Å². The summed E-state index contributed by atoms with van der Waals surface area (Å²) in [4.78, 5) is 16.5. The summed E-state index contributed by atoms with van der Waals surface area (Å²) in [5, 5.41) is 13.4. The van der Waals surface area contributed by atoms with E-state index in [9.17, 15) is 4.79 Å². The fourth-order valence-corrected chi connectivity index (χ4v) is 4.00. The van der Waals surface area contributed by atoms with Crippen LogP contribution in [0.2, 0.25) is 0 Å². The molecule has 0 atom stereocenters. The number of ether oxygens (including phenoxy) is 2. The number of methoxy groups -OCH3 is 2. The Hall–Kier alpha value is -4.18. The lowest BCUT2D eigenvalue weighted by Crippen LogP contribution is -2.20. The number of carbonyl (C=O) groups excluding carboxylic acids is 1. The van der Waals surface area contributed by atoms with E-state index in [1.807, 2.05) is 54.0 Å². The summed E-state index contributed by atoms with van der Waals surface area (Å²) in [6.07, 6.45) is 4.96. The molecular weight excluding hydrogens is 464 g/mol. The Morgan fingerprint density at radius 2 is 1.77 bits per heavy atom. The molecule has 0 unspecified atom stereocenters. The fourth-order valence-electron chi connectivity index (χ4n) is 3.25. The van der Waals surface area contributed by atoms with Crippen molar-refractivity contribution in [2.45, 2.75) is 12.1 Å². The zero-order valence-corrected chi connectivity index (χ0v) is 20.3. The highest BCUT2D eigenvalue weighted by Gasteiger charge is 2.17. The van der Waals surface area contributed by atoms with Crippen molar-refractivity contribution in [3.8, 4) is 28.6 Å². The molecule has 4 rings (SSSR count). The summed E-state index contributed by atoms with van der Waals surface area (Å²) in [5.74, 6) is 1.72. The lowest BCUT2D eigenvalue weighted by Gasteiger charge is -2.10. The van der Waals surface area contributed by atoms with E-state index in [0.29, 0.717) is 22.5 Å². The average molecular weight is 489 g/mol. The van der Waals surface area contributed by atoms with Gasteiger partial charge in [0.2, 0.25) is 0 Å². The van der Waals surface area contributed by atoms with Crippen LogP contribution in [-0.2, 0) is 4.79 Å². The van der Waals surface area contributed by atoms with Gasteiger partial charge in [0, 0.05) is 23.6 Å². The number of pyridine rings is 1. The fraction of sp³-hybridized carbons (Fsp3) is 0.160. The Bertz CT molecular complexity index is 1320. The maximum absolute atomic E-state index is 12.4. The minimum atomic E-state index is -0.268. The van der Waals surface area contributed by atoms with Gasteiger partial charge in [0.1, 0.15) is 0 Å². The van der Waals surface area contributed by atoms with Gasteiger partial charge in [-0.25, -0.2) is 5.43 Å². The number of amides is 1. The molecular formula is C25H24N6O3S. The number of hydrogen-bond acceptors (Lipinski definition) is 8. The molecule has 4 aromatic rings. The Balaban J connectivity index is 1.46. The van der Waals surface area contributed by atoms with Gasteiger partial charge in [-0.05, 0) is 55.0 Å². The minimum Gasteiger partial charge on any atom is -0.493 e. The highest BCUT2D eigenvalue weighted by molar-refractivity contribution is 7.99. The van der Waals surface area contributed by atoms with E-state index >= 15 is 0 Å². The van der Waals surface area contributed by atoms with Crippen LogP contribution in [0, 0.1) is 6.92 Å². The maximum Gasteiger partial charge on any atom is 0.250 e. The molecule has 9 nitrogen and oxygen atoms in total. The summed E-state index contributed by atoms with van der Waals surface area (Å²) in [6, 6.07) is 17.2. The zero-order valence-electron chi connectivity index (χ0n) is 19.5. The second-order valence-corrected chi connectivity index (χ2v) is 8.35. The van der Waals surface area contributed by atoms with Crippen molar-refractivity contribution in [3.63, 3.8) is 0 Å². The van der Waals surface area contributed by atoms with Crippen LogP contribution in [0.3, 0.4) is 0 Å². The number of thioether (sulfide) groups is 1. The van der Waals surface area contributed by atoms with Gasteiger partial charge in [-0.15, -0.1) is 10.2 Å².